The number of hydrogen-bond acceptors (Lipinski definition) is 4. The maximum absolute atomic E-state index is 13.2. The molecule has 6 heteroatoms. The number of benzene rings is 2. The van der Waals surface area contributed by atoms with Gasteiger partial charge in [-0.1, -0.05) is 6.07 Å². The van der Waals surface area contributed by atoms with Gasteiger partial charge in [-0.3, -0.25) is 0 Å². The number of anilines is 2. The molecule has 0 fully saturated rings. The number of hydrogen-bond donors (Lipinski definition) is 2. The standard InChI is InChI=1S/C15H12F2N4/c16-12-3-1-9(5-13(12)17)7-19-15-11-6-10(18)2-4-14(11)20-8-21-15/h1-6,8H,7,18H2,(H,19,20,21). The van der Waals surface area contributed by atoms with Gasteiger partial charge in [-0.2, -0.15) is 0 Å². The van der Waals surface area contributed by atoms with Crippen molar-refractivity contribution in [3.8, 4) is 0 Å². The van der Waals surface area contributed by atoms with Crippen molar-refractivity contribution in [2.75, 3.05) is 11.1 Å². The van der Waals surface area contributed by atoms with Crippen LogP contribution in [-0.2, 0) is 6.54 Å². The van der Waals surface area contributed by atoms with Gasteiger partial charge in [0.15, 0.2) is 11.6 Å². The SMILES string of the molecule is Nc1ccc2ncnc(NCc3ccc(F)c(F)c3)c2c1. The van der Waals surface area contributed by atoms with Crippen LogP contribution in [0.3, 0.4) is 0 Å². The Hall–Kier alpha value is -2.76. The van der Waals surface area contributed by atoms with Crippen molar-refractivity contribution in [2.24, 2.45) is 0 Å². The first kappa shape index (κ1) is 13.2. The Morgan fingerprint density at radius 1 is 1.00 bits per heavy atom. The molecule has 0 atom stereocenters. The molecule has 0 radical (unpaired) electrons. The van der Waals surface area contributed by atoms with Crippen molar-refractivity contribution in [1.82, 2.24) is 9.97 Å². The normalized spacial score (nSPS) is 10.8. The molecule has 0 saturated heterocycles. The van der Waals surface area contributed by atoms with Crippen molar-refractivity contribution in [2.45, 2.75) is 6.54 Å². The van der Waals surface area contributed by atoms with Crippen LogP contribution < -0.4 is 11.1 Å². The Balaban J connectivity index is 1.88. The largest absolute Gasteiger partial charge is 0.399 e. The van der Waals surface area contributed by atoms with Crippen molar-refractivity contribution in [3.05, 3.63) is 59.9 Å². The van der Waals surface area contributed by atoms with Crippen LogP contribution in [0.2, 0.25) is 0 Å². The summed E-state index contributed by atoms with van der Waals surface area (Å²) in [5.74, 6) is -1.14. The minimum atomic E-state index is -0.869. The molecule has 0 aliphatic carbocycles. The summed E-state index contributed by atoms with van der Waals surface area (Å²) in [5.41, 5.74) is 7.74. The highest BCUT2D eigenvalue weighted by atomic mass is 19.2. The fourth-order valence-corrected chi connectivity index (χ4v) is 2.05. The van der Waals surface area contributed by atoms with E-state index < -0.39 is 11.6 Å². The minimum Gasteiger partial charge on any atom is -0.399 e. The van der Waals surface area contributed by atoms with Crippen molar-refractivity contribution in [3.63, 3.8) is 0 Å². The van der Waals surface area contributed by atoms with Crippen molar-refractivity contribution >= 4 is 22.4 Å². The predicted molar refractivity (Wildman–Crippen MR) is 77.6 cm³/mol. The number of nitrogen functional groups attached to an aromatic ring is 1. The summed E-state index contributed by atoms with van der Waals surface area (Å²) in [6.07, 6.45) is 1.44. The molecular weight excluding hydrogens is 274 g/mol. The third-order valence-electron chi connectivity index (χ3n) is 3.10. The Kier molecular flexibility index (Phi) is 3.35. The van der Waals surface area contributed by atoms with Crippen LogP contribution in [0.4, 0.5) is 20.3 Å². The molecule has 1 aromatic heterocycles. The molecule has 3 N–H and O–H groups in total. The number of fused-ring (bicyclic) bond motifs is 1. The van der Waals surface area contributed by atoms with Gasteiger partial charge in [-0.05, 0) is 35.9 Å². The molecule has 3 aromatic rings. The second kappa shape index (κ2) is 5.32. The highest BCUT2D eigenvalue weighted by molar-refractivity contribution is 5.91. The van der Waals surface area contributed by atoms with E-state index >= 15 is 0 Å². The summed E-state index contributed by atoms with van der Waals surface area (Å²) < 4.78 is 26.1. The summed E-state index contributed by atoms with van der Waals surface area (Å²) in [6.45, 7) is 0.318. The van der Waals surface area contributed by atoms with Crippen LogP contribution in [0.1, 0.15) is 5.56 Å². The lowest BCUT2D eigenvalue weighted by Gasteiger charge is -2.09. The zero-order valence-electron chi connectivity index (χ0n) is 11.0. The lowest BCUT2D eigenvalue weighted by atomic mass is 10.2. The first-order valence-electron chi connectivity index (χ1n) is 6.31. The summed E-state index contributed by atoms with van der Waals surface area (Å²) in [4.78, 5) is 8.30. The highest BCUT2D eigenvalue weighted by Crippen LogP contribution is 2.22. The molecular formula is C15H12F2N4. The summed E-state index contributed by atoms with van der Waals surface area (Å²) in [7, 11) is 0. The van der Waals surface area contributed by atoms with Gasteiger partial charge in [0.05, 0.1) is 5.52 Å². The van der Waals surface area contributed by atoms with Gasteiger partial charge < -0.3 is 11.1 Å². The number of aromatic nitrogens is 2. The third-order valence-corrected chi connectivity index (χ3v) is 3.10. The molecule has 0 unspecified atom stereocenters. The zero-order chi connectivity index (χ0) is 14.8. The van der Waals surface area contributed by atoms with E-state index in [1.165, 1.54) is 12.4 Å². The average molecular weight is 286 g/mol. The van der Waals surface area contributed by atoms with Crippen LogP contribution in [0.5, 0.6) is 0 Å². The molecule has 1 heterocycles. The van der Waals surface area contributed by atoms with Crippen LogP contribution in [0, 0.1) is 11.6 Å². The minimum absolute atomic E-state index is 0.318. The van der Waals surface area contributed by atoms with Gasteiger partial charge >= 0.3 is 0 Å². The van der Waals surface area contributed by atoms with E-state index in [4.69, 9.17) is 5.73 Å². The Morgan fingerprint density at radius 3 is 2.67 bits per heavy atom. The van der Waals surface area contributed by atoms with Crippen LogP contribution in [-0.4, -0.2) is 9.97 Å². The van der Waals surface area contributed by atoms with Gasteiger partial charge in [0.25, 0.3) is 0 Å². The zero-order valence-corrected chi connectivity index (χ0v) is 11.0. The fraction of sp³-hybridized carbons (Fsp3) is 0.0667. The quantitative estimate of drug-likeness (QED) is 0.726. The summed E-state index contributed by atoms with van der Waals surface area (Å²) in [6, 6.07) is 9.10. The predicted octanol–water partition coefficient (Wildman–Crippen LogP) is 3.10. The van der Waals surface area contributed by atoms with E-state index in [2.05, 4.69) is 15.3 Å². The van der Waals surface area contributed by atoms with Crippen LogP contribution >= 0.6 is 0 Å². The molecule has 0 aliphatic heterocycles. The molecule has 0 saturated carbocycles. The second-order valence-corrected chi connectivity index (χ2v) is 4.60. The van der Waals surface area contributed by atoms with E-state index in [1.54, 1.807) is 18.2 Å². The molecule has 21 heavy (non-hydrogen) atoms. The van der Waals surface area contributed by atoms with Gasteiger partial charge in [0.1, 0.15) is 12.1 Å². The molecule has 3 rings (SSSR count). The molecule has 0 aliphatic rings. The second-order valence-electron chi connectivity index (χ2n) is 4.60. The van der Waals surface area contributed by atoms with E-state index in [0.29, 0.717) is 23.6 Å². The van der Waals surface area contributed by atoms with Gasteiger partial charge in [-0.15, -0.1) is 0 Å². The first-order chi connectivity index (χ1) is 10.1. The monoisotopic (exact) mass is 286 g/mol. The maximum atomic E-state index is 13.2. The molecule has 0 amide bonds. The maximum Gasteiger partial charge on any atom is 0.159 e. The number of nitrogens with zero attached hydrogens (tertiary/aromatic N) is 2. The van der Waals surface area contributed by atoms with E-state index in [0.717, 1.165) is 23.0 Å². The fourth-order valence-electron chi connectivity index (χ4n) is 2.05. The Morgan fingerprint density at radius 2 is 1.86 bits per heavy atom. The van der Waals surface area contributed by atoms with E-state index in [1.807, 2.05) is 0 Å². The summed E-state index contributed by atoms with van der Waals surface area (Å²) in [5, 5.41) is 3.86. The molecule has 2 aromatic carbocycles. The van der Waals surface area contributed by atoms with Crippen LogP contribution in [0.25, 0.3) is 10.9 Å². The number of halogens is 2. The van der Waals surface area contributed by atoms with Gasteiger partial charge in [-0.25, -0.2) is 18.7 Å². The van der Waals surface area contributed by atoms with Crippen molar-refractivity contribution in [1.29, 1.82) is 0 Å². The van der Waals surface area contributed by atoms with Crippen LogP contribution in [0.15, 0.2) is 42.7 Å². The molecule has 106 valence electrons. The molecule has 0 spiro atoms. The Labute approximate surface area is 119 Å². The third kappa shape index (κ3) is 2.74. The summed E-state index contributed by atoms with van der Waals surface area (Å²) >= 11 is 0. The van der Waals surface area contributed by atoms with E-state index in [9.17, 15) is 8.78 Å². The highest BCUT2D eigenvalue weighted by Gasteiger charge is 2.06. The Bertz CT molecular complexity index is 805. The number of rotatable bonds is 3. The molecule has 0 bridgehead atoms. The average Bonchev–Trinajstić information content (AvgIpc) is 2.48. The first-order valence-corrected chi connectivity index (χ1v) is 6.31. The lowest BCUT2D eigenvalue weighted by Crippen LogP contribution is -2.03. The van der Waals surface area contributed by atoms with E-state index in [-0.39, 0.29) is 0 Å². The molecule has 4 nitrogen and oxygen atoms in total. The van der Waals surface area contributed by atoms with Gasteiger partial charge in [0.2, 0.25) is 0 Å². The number of nitrogens with two attached hydrogens (primary N) is 1. The van der Waals surface area contributed by atoms with Gasteiger partial charge in [0, 0.05) is 17.6 Å². The number of nitrogens with one attached hydrogen (secondary N) is 1. The topological polar surface area (TPSA) is 63.8 Å². The smallest absolute Gasteiger partial charge is 0.159 e. The van der Waals surface area contributed by atoms with Crippen molar-refractivity contribution < 1.29 is 8.78 Å². The lowest BCUT2D eigenvalue weighted by molar-refractivity contribution is 0.507.